The quantitative estimate of drug-likeness (QED) is 0.283. The molecule has 0 spiro atoms. The Morgan fingerprint density at radius 1 is 1.23 bits per heavy atom. The fourth-order valence-corrected chi connectivity index (χ4v) is 0.592. The topological polar surface area (TPSA) is 150 Å². The van der Waals surface area contributed by atoms with Crippen LogP contribution in [0.4, 0.5) is 0 Å². The molecule has 7 heteroatoms. The van der Waals surface area contributed by atoms with Crippen molar-refractivity contribution in [2.75, 3.05) is 6.61 Å². The van der Waals surface area contributed by atoms with Crippen LogP contribution in [0.5, 0.6) is 0 Å². The van der Waals surface area contributed by atoms with E-state index < -0.39 is 37.3 Å². The number of carbonyl (C=O) groups is 1. The van der Waals surface area contributed by atoms with E-state index in [0.717, 1.165) is 0 Å². The lowest BCUT2D eigenvalue weighted by molar-refractivity contribution is -0.136. The largest absolute Gasteiger partial charge is 0.412 e. The molecule has 0 aliphatic heterocycles. The minimum absolute atomic E-state index is 0. The third kappa shape index (κ3) is 4.27. The predicted molar refractivity (Wildman–Crippen MR) is 40.8 cm³/mol. The highest BCUT2D eigenvalue weighted by Gasteiger charge is 2.29. The van der Waals surface area contributed by atoms with Crippen molar-refractivity contribution in [2.24, 2.45) is 0 Å². The number of hydrogen-bond acceptors (Lipinski definition) is 6. The summed E-state index contributed by atoms with van der Waals surface area (Å²) < 4.78 is 6.40. The molecule has 7 nitrogen and oxygen atoms in total. The summed E-state index contributed by atoms with van der Waals surface area (Å²) >= 11 is 0. The fraction of sp³-hybridized carbons (Fsp3) is 0.833. The van der Waals surface area contributed by atoms with Gasteiger partial charge in [0.2, 0.25) is 0 Å². The molecule has 0 saturated carbocycles. The number of carbonyl (C=O) groups excluding carboxylic acids is 1. The number of aldehydes is 1. The standard InChI is InChI=1S/C6H12O6.H2O/c7-1-3(9)5(11)6(12)4(10)2-8;/h1,3-6,8-12H,2H2;1H2/t3-,4+,5+,6+;/m0./s1/i1D;. The molecule has 0 aliphatic carbocycles. The Hall–Kier alpha value is -0.570. The van der Waals surface area contributed by atoms with Crippen LogP contribution in [0.1, 0.15) is 1.37 Å². The van der Waals surface area contributed by atoms with Crippen LogP contribution in [0.3, 0.4) is 0 Å². The maximum absolute atomic E-state index is 10.2. The van der Waals surface area contributed by atoms with E-state index >= 15 is 0 Å². The Morgan fingerprint density at radius 3 is 2.00 bits per heavy atom. The van der Waals surface area contributed by atoms with Crippen LogP contribution in [-0.4, -0.2) is 68.3 Å². The second-order valence-electron chi connectivity index (χ2n) is 2.29. The molecule has 0 aliphatic rings. The van der Waals surface area contributed by atoms with Gasteiger partial charge in [-0.05, 0) is 0 Å². The van der Waals surface area contributed by atoms with Gasteiger partial charge in [-0.15, -0.1) is 0 Å². The third-order valence-corrected chi connectivity index (χ3v) is 1.38. The first kappa shape index (κ1) is 12.4. The fourth-order valence-electron chi connectivity index (χ4n) is 0.592. The zero-order valence-corrected chi connectivity index (χ0v) is 6.66. The molecule has 7 N–H and O–H groups in total. The van der Waals surface area contributed by atoms with Gasteiger partial charge in [0.25, 0.3) is 0 Å². The first-order valence-corrected chi connectivity index (χ1v) is 3.25. The average Bonchev–Trinajstić information content (AvgIpc) is 2.12. The number of aliphatic hydroxyl groups is 5. The molecule has 0 amide bonds. The van der Waals surface area contributed by atoms with Gasteiger partial charge >= 0.3 is 0 Å². The molecule has 80 valence electrons. The van der Waals surface area contributed by atoms with Crippen molar-refractivity contribution >= 4 is 6.26 Å². The number of hydrogen-bond donors (Lipinski definition) is 5. The molecule has 0 fully saturated rings. The van der Waals surface area contributed by atoms with Gasteiger partial charge in [-0.25, -0.2) is 0 Å². The van der Waals surface area contributed by atoms with Crippen molar-refractivity contribution in [2.45, 2.75) is 24.4 Å². The van der Waals surface area contributed by atoms with Crippen molar-refractivity contribution in [1.82, 2.24) is 0 Å². The molecule has 0 aromatic carbocycles. The molecule has 0 rings (SSSR count). The van der Waals surface area contributed by atoms with Gasteiger partial charge in [0, 0.05) is 0 Å². The highest BCUT2D eigenvalue weighted by atomic mass is 16.4. The Bertz CT molecular complexity index is 176. The number of rotatable bonds is 5. The Kier molecular flexibility index (Phi) is 6.59. The lowest BCUT2D eigenvalue weighted by Crippen LogP contribution is -2.46. The molecular formula is C6H14O7. The second kappa shape index (κ2) is 6.89. The Balaban J connectivity index is 0. The Morgan fingerprint density at radius 2 is 1.69 bits per heavy atom. The summed E-state index contributed by atoms with van der Waals surface area (Å²) in [5, 5.41) is 43.8. The molecule has 0 aromatic rings. The van der Waals surface area contributed by atoms with Crippen LogP contribution in [0.15, 0.2) is 0 Å². The first-order chi connectivity index (χ1) is 5.91. The van der Waals surface area contributed by atoms with Crippen molar-refractivity contribution in [3.63, 3.8) is 0 Å². The van der Waals surface area contributed by atoms with Crippen molar-refractivity contribution < 1.29 is 37.2 Å². The van der Waals surface area contributed by atoms with Crippen LogP contribution in [-0.2, 0) is 4.79 Å². The van der Waals surface area contributed by atoms with Crippen molar-refractivity contribution in [1.29, 1.82) is 0 Å². The van der Waals surface area contributed by atoms with Crippen molar-refractivity contribution in [3.8, 4) is 0 Å². The van der Waals surface area contributed by atoms with Gasteiger partial charge in [-0.3, -0.25) is 0 Å². The van der Waals surface area contributed by atoms with Crippen LogP contribution < -0.4 is 0 Å². The average molecular weight is 199 g/mol. The molecule has 0 radical (unpaired) electrons. The molecule has 0 heterocycles. The minimum atomic E-state index is -2.09. The SMILES string of the molecule is O.[2H]C(=O)[C@H](O)[C@@H](O)[C@H](O)[C@H](O)CO. The van der Waals surface area contributed by atoms with E-state index in [9.17, 15) is 4.79 Å². The smallest absolute Gasteiger partial charge is 0.151 e. The Labute approximate surface area is 75.6 Å². The molecule has 0 bridgehead atoms. The summed E-state index contributed by atoms with van der Waals surface area (Å²) in [5.41, 5.74) is 0. The van der Waals surface area contributed by atoms with E-state index in [1.54, 1.807) is 0 Å². The van der Waals surface area contributed by atoms with Crippen LogP contribution in [0, 0.1) is 0 Å². The van der Waals surface area contributed by atoms with E-state index in [1.165, 1.54) is 0 Å². The van der Waals surface area contributed by atoms with Crippen LogP contribution in [0.25, 0.3) is 0 Å². The normalized spacial score (nSPS) is 20.5. The van der Waals surface area contributed by atoms with Gasteiger partial charge in [0.15, 0.2) is 6.26 Å². The van der Waals surface area contributed by atoms with Crippen LogP contribution in [0.2, 0.25) is 0 Å². The van der Waals surface area contributed by atoms with Gasteiger partial charge in [-0.2, -0.15) is 0 Å². The first-order valence-electron chi connectivity index (χ1n) is 3.75. The maximum atomic E-state index is 10.2. The lowest BCUT2D eigenvalue weighted by atomic mass is 10.0. The molecule has 0 aromatic heterocycles. The zero-order chi connectivity index (χ0) is 10.6. The summed E-state index contributed by atoms with van der Waals surface area (Å²) in [6.07, 6.45) is -9.07. The van der Waals surface area contributed by atoms with E-state index in [4.69, 9.17) is 26.9 Å². The summed E-state index contributed by atoms with van der Waals surface area (Å²) in [7, 11) is 0. The second-order valence-corrected chi connectivity index (χ2v) is 2.29. The van der Waals surface area contributed by atoms with Gasteiger partial charge in [-0.1, -0.05) is 0 Å². The zero-order valence-electron chi connectivity index (χ0n) is 7.66. The number of aliphatic hydroxyl groups excluding tert-OH is 5. The third-order valence-electron chi connectivity index (χ3n) is 1.38. The lowest BCUT2D eigenvalue weighted by Gasteiger charge is -2.22. The minimum Gasteiger partial charge on any atom is -0.412 e. The van der Waals surface area contributed by atoms with Gasteiger partial charge in [0.1, 0.15) is 25.8 Å². The van der Waals surface area contributed by atoms with Gasteiger partial charge < -0.3 is 35.8 Å². The predicted octanol–water partition coefficient (Wildman–Crippen LogP) is -4.20. The molecular weight excluding hydrogens is 184 g/mol. The monoisotopic (exact) mass is 199 g/mol. The summed E-state index contributed by atoms with van der Waals surface area (Å²) in [5.74, 6) is 0. The van der Waals surface area contributed by atoms with Crippen LogP contribution >= 0.6 is 0 Å². The van der Waals surface area contributed by atoms with E-state index in [0.29, 0.717) is 0 Å². The molecule has 4 atom stereocenters. The molecule has 0 saturated heterocycles. The van der Waals surface area contributed by atoms with Gasteiger partial charge in [0.05, 0.1) is 6.61 Å². The van der Waals surface area contributed by atoms with E-state index in [-0.39, 0.29) is 5.48 Å². The molecule has 13 heavy (non-hydrogen) atoms. The highest BCUT2D eigenvalue weighted by molar-refractivity contribution is 5.56. The highest BCUT2D eigenvalue weighted by Crippen LogP contribution is 2.02. The summed E-state index contributed by atoms with van der Waals surface area (Å²) in [4.78, 5) is 10.2. The van der Waals surface area contributed by atoms with Crippen molar-refractivity contribution in [3.05, 3.63) is 0 Å². The summed E-state index contributed by atoms with van der Waals surface area (Å²) in [6.45, 7) is -0.822. The van der Waals surface area contributed by atoms with E-state index in [1.807, 2.05) is 0 Å². The van der Waals surface area contributed by atoms with E-state index in [2.05, 4.69) is 0 Å². The maximum Gasteiger partial charge on any atom is 0.151 e. The molecule has 0 unspecified atom stereocenters. The summed E-state index contributed by atoms with van der Waals surface area (Å²) in [6, 6.07) is 0.